The third-order valence-corrected chi connectivity index (χ3v) is 7.01. The maximum Gasteiger partial charge on any atom is 0.264 e. The van der Waals surface area contributed by atoms with Gasteiger partial charge in [-0.1, -0.05) is 29.8 Å². The number of nitrogens with zero attached hydrogens (tertiary/aromatic N) is 4. The van der Waals surface area contributed by atoms with Crippen LogP contribution in [0.25, 0.3) is 17.1 Å². The van der Waals surface area contributed by atoms with E-state index < -0.39 is 0 Å². The van der Waals surface area contributed by atoms with E-state index in [1.54, 1.807) is 6.07 Å². The molecule has 3 heterocycles. The van der Waals surface area contributed by atoms with Gasteiger partial charge in [-0.2, -0.15) is 0 Å². The Kier molecular flexibility index (Phi) is 6.50. The Hall–Kier alpha value is -2.65. The molecule has 0 spiro atoms. The number of benzene rings is 2. The van der Waals surface area contributed by atoms with Gasteiger partial charge in [0.2, 0.25) is 0 Å². The number of morpholine rings is 1. The van der Waals surface area contributed by atoms with Crippen LogP contribution in [0.2, 0.25) is 5.02 Å². The van der Waals surface area contributed by atoms with E-state index in [1.165, 1.54) is 11.8 Å². The number of para-hydroxylation sites is 1. The standard InChI is InChI=1S/C24H24ClN5O2S/c1-29-20-14-16(6-7-19(20)26-22(29)8-9-30-10-12-32-13-11-30)15-21-23(31)28-24(33-21)27-18-5-3-2-4-17(18)25/h2-7,14-15H,8-13H2,1H3,(H,27,28,31)/b21-15+. The highest BCUT2D eigenvalue weighted by Crippen LogP contribution is 2.31. The Morgan fingerprint density at radius 1 is 1.24 bits per heavy atom. The van der Waals surface area contributed by atoms with Gasteiger partial charge in [-0.25, -0.2) is 9.98 Å². The van der Waals surface area contributed by atoms with Gasteiger partial charge < -0.3 is 14.6 Å². The number of amidine groups is 1. The number of imidazole rings is 1. The maximum absolute atomic E-state index is 12.5. The third-order valence-electron chi connectivity index (χ3n) is 5.78. The summed E-state index contributed by atoms with van der Waals surface area (Å²) in [6.07, 6.45) is 2.77. The molecule has 1 amide bonds. The van der Waals surface area contributed by atoms with Crippen molar-refractivity contribution in [1.82, 2.24) is 19.8 Å². The van der Waals surface area contributed by atoms with Gasteiger partial charge in [0.1, 0.15) is 5.82 Å². The first kappa shape index (κ1) is 22.2. The number of nitrogens with one attached hydrogen (secondary N) is 1. The Morgan fingerprint density at radius 2 is 2.06 bits per heavy atom. The molecular formula is C24H24ClN5O2S. The van der Waals surface area contributed by atoms with Gasteiger partial charge in [0.25, 0.3) is 5.91 Å². The molecule has 0 bridgehead atoms. The molecule has 2 aliphatic heterocycles. The molecule has 1 N–H and O–H groups in total. The van der Waals surface area contributed by atoms with Crippen molar-refractivity contribution in [3.63, 3.8) is 0 Å². The molecule has 7 nitrogen and oxygen atoms in total. The number of fused-ring (bicyclic) bond motifs is 1. The van der Waals surface area contributed by atoms with E-state index in [9.17, 15) is 4.79 Å². The first-order chi connectivity index (χ1) is 16.1. The number of carbonyl (C=O) groups excluding carboxylic acids is 1. The number of hydrogen-bond donors (Lipinski definition) is 1. The van der Waals surface area contributed by atoms with Crippen molar-refractivity contribution in [3.05, 3.63) is 63.8 Å². The summed E-state index contributed by atoms with van der Waals surface area (Å²) >= 11 is 7.49. The van der Waals surface area contributed by atoms with Gasteiger partial charge in [0.05, 0.1) is 39.9 Å². The highest BCUT2D eigenvalue weighted by molar-refractivity contribution is 8.18. The van der Waals surface area contributed by atoms with Crippen LogP contribution in [0.5, 0.6) is 0 Å². The summed E-state index contributed by atoms with van der Waals surface area (Å²) in [6, 6.07) is 13.4. The van der Waals surface area contributed by atoms with E-state index in [0.29, 0.717) is 20.8 Å². The van der Waals surface area contributed by atoms with Crippen molar-refractivity contribution >= 4 is 57.2 Å². The summed E-state index contributed by atoms with van der Waals surface area (Å²) in [5.41, 5.74) is 3.59. The minimum Gasteiger partial charge on any atom is -0.379 e. The molecule has 3 aromatic rings. The number of thioether (sulfide) groups is 1. The van der Waals surface area contributed by atoms with E-state index in [-0.39, 0.29) is 5.91 Å². The molecule has 0 atom stereocenters. The molecule has 0 unspecified atom stereocenters. The Labute approximate surface area is 201 Å². The fourth-order valence-corrected chi connectivity index (χ4v) is 4.95. The largest absolute Gasteiger partial charge is 0.379 e. The summed E-state index contributed by atoms with van der Waals surface area (Å²) in [5, 5.41) is 3.88. The van der Waals surface area contributed by atoms with Crippen molar-refractivity contribution in [1.29, 1.82) is 0 Å². The van der Waals surface area contributed by atoms with Crippen molar-refractivity contribution in [2.24, 2.45) is 12.0 Å². The predicted octanol–water partition coefficient (Wildman–Crippen LogP) is 3.99. The monoisotopic (exact) mass is 481 g/mol. The Bertz CT molecular complexity index is 1260. The van der Waals surface area contributed by atoms with Gasteiger partial charge in [-0.15, -0.1) is 0 Å². The number of rotatable bonds is 5. The molecule has 0 radical (unpaired) electrons. The number of carbonyl (C=O) groups is 1. The van der Waals surface area contributed by atoms with Crippen molar-refractivity contribution in [3.8, 4) is 0 Å². The third kappa shape index (κ3) is 4.99. The normalized spacial score (nSPS) is 19.6. The summed E-state index contributed by atoms with van der Waals surface area (Å²) in [7, 11) is 2.05. The summed E-state index contributed by atoms with van der Waals surface area (Å²) in [6.45, 7) is 4.53. The smallest absolute Gasteiger partial charge is 0.264 e. The minimum atomic E-state index is -0.165. The van der Waals surface area contributed by atoms with Gasteiger partial charge in [-0.3, -0.25) is 9.69 Å². The fourth-order valence-electron chi connectivity index (χ4n) is 3.94. The van der Waals surface area contributed by atoms with Crippen LogP contribution in [0, 0.1) is 0 Å². The number of aliphatic imine (C=N–C) groups is 1. The molecule has 0 aliphatic carbocycles. The number of aromatic nitrogens is 2. The average Bonchev–Trinajstić information content (AvgIpc) is 3.33. The van der Waals surface area contributed by atoms with Crippen LogP contribution in [-0.2, 0) is 23.0 Å². The zero-order valence-corrected chi connectivity index (χ0v) is 19.8. The second-order valence-electron chi connectivity index (χ2n) is 7.97. The van der Waals surface area contributed by atoms with E-state index in [1.807, 2.05) is 43.5 Å². The first-order valence-corrected chi connectivity index (χ1v) is 12.1. The summed E-state index contributed by atoms with van der Waals surface area (Å²) in [4.78, 5) is 24.8. The SMILES string of the molecule is Cn1c(CCN2CCOCC2)nc2ccc(/C=C3/SC(=Nc4ccccc4Cl)NC3=O)cc21. The van der Waals surface area contributed by atoms with Crippen LogP contribution in [0.1, 0.15) is 11.4 Å². The number of ether oxygens (including phenoxy) is 1. The van der Waals surface area contributed by atoms with Crippen molar-refractivity contribution in [2.45, 2.75) is 6.42 Å². The van der Waals surface area contributed by atoms with Gasteiger partial charge in [0, 0.05) is 33.1 Å². The summed E-state index contributed by atoms with van der Waals surface area (Å²) in [5.74, 6) is 0.894. The van der Waals surface area contributed by atoms with Crippen LogP contribution in [0.4, 0.5) is 5.69 Å². The molecule has 33 heavy (non-hydrogen) atoms. The summed E-state index contributed by atoms with van der Waals surface area (Å²) < 4.78 is 7.57. The number of hydrogen-bond acceptors (Lipinski definition) is 6. The van der Waals surface area contributed by atoms with Crippen LogP contribution < -0.4 is 5.32 Å². The van der Waals surface area contributed by atoms with Crippen LogP contribution in [-0.4, -0.2) is 58.4 Å². The second-order valence-corrected chi connectivity index (χ2v) is 9.41. The highest BCUT2D eigenvalue weighted by atomic mass is 35.5. The lowest BCUT2D eigenvalue weighted by molar-refractivity contribution is -0.115. The lowest BCUT2D eigenvalue weighted by Crippen LogP contribution is -2.37. The predicted molar refractivity (Wildman–Crippen MR) is 134 cm³/mol. The highest BCUT2D eigenvalue weighted by Gasteiger charge is 2.24. The van der Waals surface area contributed by atoms with E-state index >= 15 is 0 Å². The molecule has 2 fully saturated rings. The molecule has 2 saturated heterocycles. The quantitative estimate of drug-likeness (QED) is 0.558. The van der Waals surface area contributed by atoms with Crippen molar-refractivity contribution in [2.75, 3.05) is 32.8 Å². The Balaban J connectivity index is 1.34. The molecule has 9 heteroatoms. The van der Waals surface area contributed by atoms with Crippen LogP contribution >= 0.6 is 23.4 Å². The van der Waals surface area contributed by atoms with Crippen LogP contribution in [0.15, 0.2) is 52.4 Å². The fraction of sp³-hybridized carbons (Fsp3) is 0.292. The minimum absolute atomic E-state index is 0.165. The maximum atomic E-state index is 12.5. The molecule has 0 saturated carbocycles. The number of aryl methyl sites for hydroxylation is 1. The second kappa shape index (κ2) is 9.69. The molecule has 2 aromatic carbocycles. The van der Waals surface area contributed by atoms with Gasteiger partial charge >= 0.3 is 0 Å². The Morgan fingerprint density at radius 3 is 2.88 bits per heavy atom. The van der Waals surface area contributed by atoms with E-state index in [4.69, 9.17) is 21.3 Å². The van der Waals surface area contributed by atoms with Crippen LogP contribution in [0.3, 0.4) is 0 Å². The molecular weight excluding hydrogens is 458 g/mol. The number of halogens is 1. The van der Waals surface area contributed by atoms with Crippen molar-refractivity contribution < 1.29 is 9.53 Å². The topological polar surface area (TPSA) is 71.8 Å². The van der Waals surface area contributed by atoms with Gasteiger partial charge in [-0.05, 0) is 47.7 Å². The number of amides is 1. The zero-order valence-electron chi connectivity index (χ0n) is 18.3. The zero-order chi connectivity index (χ0) is 22.8. The first-order valence-electron chi connectivity index (χ1n) is 10.9. The molecule has 1 aromatic heterocycles. The van der Waals surface area contributed by atoms with Gasteiger partial charge in [0.15, 0.2) is 5.17 Å². The van der Waals surface area contributed by atoms with E-state index in [0.717, 1.165) is 61.7 Å². The van der Waals surface area contributed by atoms with E-state index in [2.05, 4.69) is 25.8 Å². The lowest BCUT2D eigenvalue weighted by Gasteiger charge is -2.26. The lowest BCUT2D eigenvalue weighted by atomic mass is 10.2. The molecule has 170 valence electrons. The average molecular weight is 482 g/mol. The molecule has 5 rings (SSSR count). The molecule has 2 aliphatic rings.